The molecule has 4 heteroatoms. The summed E-state index contributed by atoms with van der Waals surface area (Å²) in [5, 5.41) is 9.56. The van der Waals surface area contributed by atoms with Gasteiger partial charge in [0.2, 0.25) is 0 Å². The molecule has 1 saturated carbocycles. The molecule has 2 rings (SSSR count). The second kappa shape index (κ2) is 4.41. The van der Waals surface area contributed by atoms with Gasteiger partial charge in [0.25, 0.3) is 0 Å². The molecule has 16 heavy (non-hydrogen) atoms. The lowest BCUT2D eigenvalue weighted by Crippen LogP contribution is -2.34. The summed E-state index contributed by atoms with van der Waals surface area (Å²) in [6.07, 6.45) is 3.42. The maximum Gasteiger partial charge on any atom is 0.125 e. The van der Waals surface area contributed by atoms with Crippen molar-refractivity contribution in [3.8, 4) is 0 Å². The summed E-state index contributed by atoms with van der Waals surface area (Å²) in [6.45, 7) is 6.08. The van der Waals surface area contributed by atoms with Crippen LogP contribution >= 0.6 is 0 Å². The highest BCUT2D eigenvalue weighted by molar-refractivity contribution is 6.12. The minimum atomic E-state index is -0.258. The lowest BCUT2D eigenvalue weighted by molar-refractivity contribution is 0.0343. The van der Waals surface area contributed by atoms with Gasteiger partial charge in [-0.3, -0.25) is 0 Å². The van der Waals surface area contributed by atoms with Crippen LogP contribution in [0.25, 0.3) is 0 Å². The first-order valence-corrected chi connectivity index (χ1v) is 7.64. The second-order valence-corrected chi connectivity index (χ2v) is 7.08. The van der Waals surface area contributed by atoms with Crippen molar-refractivity contribution in [2.24, 2.45) is 5.92 Å². The van der Waals surface area contributed by atoms with Crippen LogP contribution in [0.15, 0.2) is 0 Å². The monoisotopic (exact) mass is 244 g/mol. The molecule has 0 aromatic carbocycles. The quantitative estimate of drug-likeness (QED) is 0.420. The van der Waals surface area contributed by atoms with Crippen molar-refractivity contribution in [2.45, 2.75) is 49.9 Å². The van der Waals surface area contributed by atoms with Crippen molar-refractivity contribution in [1.82, 2.24) is 0 Å². The molecule has 0 bridgehead atoms. The normalized spacial score (nSPS) is 45.9. The third-order valence-corrected chi connectivity index (χ3v) is 5.65. The van der Waals surface area contributed by atoms with Gasteiger partial charge in [0.05, 0.1) is 18.8 Å². The van der Waals surface area contributed by atoms with E-state index in [1.54, 1.807) is 0 Å². The fraction of sp³-hybridized carbons (Fsp3) is 1.00. The molecule has 1 N–H and O–H groups in total. The lowest BCUT2D eigenvalue weighted by atomic mass is 9.91. The molecule has 0 spiro atoms. The van der Waals surface area contributed by atoms with Gasteiger partial charge in [-0.05, 0) is 25.3 Å². The van der Waals surface area contributed by atoms with E-state index in [0.717, 1.165) is 31.6 Å². The molecule has 1 aliphatic carbocycles. The van der Waals surface area contributed by atoms with E-state index in [4.69, 9.17) is 9.47 Å². The SMILES string of the molecule is CCCCOC[C@@H]1[C@@H]([SiH3])C[C@]2(C)O[C@@]12CO. The molecule has 1 aliphatic heterocycles. The van der Waals surface area contributed by atoms with Crippen LogP contribution in [0.3, 0.4) is 0 Å². The average Bonchev–Trinajstić information content (AvgIpc) is 2.77. The average molecular weight is 244 g/mol. The van der Waals surface area contributed by atoms with E-state index >= 15 is 0 Å². The van der Waals surface area contributed by atoms with Crippen molar-refractivity contribution < 1.29 is 14.6 Å². The molecule has 0 radical (unpaired) electrons. The molecule has 94 valence electrons. The molecule has 2 aliphatic rings. The Labute approximate surface area is 101 Å². The Hall–Kier alpha value is 0.0969. The zero-order valence-electron chi connectivity index (χ0n) is 10.7. The highest BCUT2D eigenvalue weighted by Crippen LogP contribution is 2.65. The van der Waals surface area contributed by atoms with Crippen LogP contribution in [0, 0.1) is 5.92 Å². The number of rotatable bonds is 6. The Bertz CT molecular complexity index is 261. The van der Waals surface area contributed by atoms with E-state index in [-0.39, 0.29) is 17.8 Å². The third kappa shape index (κ3) is 1.76. The summed E-state index contributed by atoms with van der Waals surface area (Å²) in [6, 6.07) is 0. The number of aliphatic hydroxyl groups is 1. The van der Waals surface area contributed by atoms with Crippen LogP contribution in [-0.4, -0.2) is 46.4 Å². The van der Waals surface area contributed by atoms with Crippen molar-refractivity contribution in [3.63, 3.8) is 0 Å². The fourth-order valence-electron chi connectivity index (χ4n) is 3.35. The van der Waals surface area contributed by atoms with Crippen molar-refractivity contribution in [3.05, 3.63) is 0 Å². The molecular formula is C12H24O3Si. The highest BCUT2D eigenvalue weighted by atomic mass is 28.1. The maximum atomic E-state index is 9.56. The van der Waals surface area contributed by atoms with Crippen LogP contribution in [0.2, 0.25) is 5.54 Å². The predicted molar refractivity (Wildman–Crippen MR) is 66.8 cm³/mol. The van der Waals surface area contributed by atoms with E-state index in [2.05, 4.69) is 13.8 Å². The summed E-state index contributed by atoms with van der Waals surface area (Å²) in [5.41, 5.74) is 0.422. The Morgan fingerprint density at radius 3 is 2.94 bits per heavy atom. The number of aliphatic hydroxyl groups excluding tert-OH is 1. The van der Waals surface area contributed by atoms with Crippen molar-refractivity contribution in [1.29, 1.82) is 0 Å². The van der Waals surface area contributed by atoms with Crippen LogP contribution in [0.1, 0.15) is 33.1 Å². The summed E-state index contributed by atoms with van der Waals surface area (Å²) < 4.78 is 11.5. The second-order valence-electron chi connectivity index (χ2n) is 5.60. The van der Waals surface area contributed by atoms with E-state index in [1.807, 2.05) is 0 Å². The topological polar surface area (TPSA) is 42.0 Å². The van der Waals surface area contributed by atoms with Gasteiger partial charge in [0, 0.05) is 22.8 Å². The Morgan fingerprint density at radius 1 is 1.56 bits per heavy atom. The van der Waals surface area contributed by atoms with E-state index < -0.39 is 0 Å². The smallest absolute Gasteiger partial charge is 0.125 e. The van der Waals surface area contributed by atoms with Gasteiger partial charge in [0.15, 0.2) is 0 Å². The zero-order valence-corrected chi connectivity index (χ0v) is 12.7. The molecule has 4 atom stereocenters. The van der Waals surface area contributed by atoms with E-state index in [1.165, 1.54) is 16.7 Å². The third-order valence-electron chi connectivity index (χ3n) is 4.43. The molecule has 0 aromatic heterocycles. The summed E-state index contributed by atoms with van der Waals surface area (Å²) in [7, 11) is 1.17. The largest absolute Gasteiger partial charge is 0.393 e. The highest BCUT2D eigenvalue weighted by Gasteiger charge is 2.75. The van der Waals surface area contributed by atoms with Crippen LogP contribution in [0.5, 0.6) is 0 Å². The summed E-state index contributed by atoms with van der Waals surface area (Å²) in [5.74, 6) is 0.422. The van der Waals surface area contributed by atoms with Gasteiger partial charge in [-0.2, -0.15) is 0 Å². The van der Waals surface area contributed by atoms with Crippen molar-refractivity contribution in [2.75, 3.05) is 19.8 Å². The minimum absolute atomic E-state index is 0.0487. The number of unbranched alkanes of at least 4 members (excludes halogenated alkanes) is 1. The van der Waals surface area contributed by atoms with E-state index in [0.29, 0.717) is 5.92 Å². The Kier molecular flexibility index (Phi) is 3.46. The number of hydrogen-bond acceptors (Lipinski definition) is 3. The maximum absolute atomic E-state index is 9.56. The molecule has 1 heterocycles. The number of epoxide rings is 1. The van der Waals surface area contributed by atoms with Gasteiger partial charge >= 0.3 is 0 Å². The molecule has 3 nitrogen and oxygen atoms in total. The summed E-state index contributed by atoms with van der Waals surface area (Å²) >= 11 is 0. The first-order valence-electron chi connectivity index (χ1n) is 6.48. The van der Waals surface area contributed by atoms with Gasteiger partial charge in [-0.15, -0.1) is 0 Å². The predicted octanol–water partition coefficient (Wildman–Crippen LogP) is 0.497. The molecule has 2 fully saturated rings. The zero-order chi connectivity index (χ0) is 11.8. The Balaban J connectivity index is 1.88. The Morgan fingerprint density at radius 2 is 2.31 bits per heavy atom. The van der Waals surface area contributed by atoms with Gasteiger partial charge < -0.3 is 14.6 Å². The number of hydrogen-bond donors (Lipinski definition) is 1. The van der Waals surface area contributed by atoms with Crippen molar-refractivity contribution >= 4 is 10.2 Å². The van der Waals surface area contributed by atoms with Crippen LogP contribution in [-0.2, 0) is 9.47 Å². The van der Waals surface area contributed by atoms with Crippen LogP contribution < -0.4 is 0 Å². The van der Waals surface area contributed by atoms with E-state index in [9.17, 15) is 5.11 Å². The van der Waals surface area contributed by atoms with Gasteiger partial charge in [0.1, 0.15) is 5.60 Å². The van der Waals surface area contributed by atoms with Crippen LogP contribution in [0.4, 0.5) is 0 Å². The van der Waals surface area contributed by atoms with Gasteiger partial charge in [-0.25, -0.2) is 0 Å². The molecule has 1 saturated heterocycles. The minimum Gasteiger partial charge on any atom is -0.393 e. The fourth-order valence-corrected chi connectivity index (χ4v) is 4.86. The number of ether oxygens (including phenoxy) is 2. The standard InChI is InChI=1S/C12H24O3Si/c1-3-4-5-14-7-9-10(16)6-11(2)12(9,8-13)15-11/h9-10,13H,3-8H2,1-2,16H3/t9-,10+,11+,12+/m1/s1. The number of fused-ring (bicyclic) bond motifs is 1. The van der Waals surface area contributed by atoms with Gasteiger partial charge in [-0.1, -0.05) is 13.3 Å². The summed E-state index contributed by atoms with van der Waals surface area (Å²) in [4.78, 5) is 0. The molecule has 0 aromatic rings. The molecule has 0 amide bonds. The first kappa shape index (κ1) is 12.6. The lowest BCUT2D eigenvalue weighted by Gasteiger charge is -2.23. The molecule has 0 unspecified atom stereocenters. The first-order chi connectivity index (χ1) is 7.59. The molecular weight excluding hydrogens is 220 g/mol.